The molecule has 176 valence electrons. The molecule has 0 saturated heterocycles. The summed E-state index contributed by atoms with van der Waals surface area (Å²) in [5, 5.41) is 2.81. The van der Waals surface area contributed by atoms with Gasteiger partial charge in [-0.3, -0.25) is 4.79 Å². The van der Waals surface area contributed by atoms with Crippen molar-refractivity contribution in [2.45, 2.75) is 84.8 Å². The molecule has 6 heteroatoms. The first-order valence-corrected chi connectivity index (χ1v) is 11.7. The van der Waals surface area contributed by atoms with Gasteiger partial charge in [0.2, 0.25) is 0 Å². The van der Waals surface area contributed by atoms with Crippen molar-refractivity contribution in [3.8, 4) is 0 Å². The standard InChI is InChI=1S/C25H42N2O4/c1-5-6-11-18-27(19-12-10-17-26-24(29)31-25(2,3)4)20-13-16-23(28)30-21-22-14-8-7-9-15-22/h7-9,14-15H,5-6,10-13,16-21H2,1-4H3,(H,26,29). The third-order valence-electron chi connectivity index (χ3n) is 4.75. The molecule has 0 heterocycles. The maximum absolute atomic E-state index is 12.0. The van der Waals surface area contributed by atoms with E-state index in [4.69, 9.17) is 9.47 Å². The van der Waals surface area contributed by atoms with Crippen molar-refractivity contribution in [2.24, 2.45) is 0 Å². The lowest BCUT2D eigenvalue weighted by Gasteiger charge is -2.22. The quantitative estimate of drug-likeness (QED) is 0.299. The molecule has 6 nitrogen and oxygen atoms in total. The fourth-order valence-corrected chi connectivity index (χ4v) is 3.14. The molecule has 1 aromatic carbocycles. The maximum Gasteiger partial charge on any atom is 0.407 e. The van der Waals surface area contributed by atoms with Crippen LogP contribution in [-0.4, -0.2) is 48.7 Å². The Hall–Kier alpha value is -2.08. The topological polar surface area (TPSA) is 67.9 Å². The van der Waals surface area contributed by atoms with Crippen LogP contribution in [0.4, 0.5) is 4.79 Å². The second-order valence-corrected chi connectivity index (χ2v) is 8.93. The number of carbonyl (C=O) groups excluding carboxylic acids is 2. The monoisotopic (exact) mass is 434 g/mol. The van der Waals surface area contributed by atoms with Crippen molar-refractivity contribution in [3.63, 3.8) is 0 Å². The third-order valence-corrected chi connectivity index (χ3v) is 4.75. The van der Waals surface area contributed by atoms with E-state index in [1.54, 1.807) is 0 Å². The predicted octanol–water partition coefficient (Wildman–Crippen LogP) is 5.31. The summed E-state index contributed by atoms with van der Waals surface area (Å²) < 4.78 is 10.6. The molecule has 1 rings (SSSR count). The van der Waals surface area contributed by atoms with Gasteiger partial charge in [-0.25, -0.2) is 4.79 Å². The van der Waals surface area contributed by atoms with Gasteiger partial charge in [0, 0.05) is 13.0 Å². The van der Waals surface area contributed by atoms with E-state index in [9.17, 15) is 9.59 Å². The van der Waals surface area contributed by atoms with E-state index in [0.717, 1.165) is 44.5 Å². The van der Waals surface area contributed by atoms with Crippen LogP contribution in [0, 0.1) is 0 Å². The van der Waals surface area contributed by atoms with Gasteiger partial charge in [-0.05, 0) is 71.7 Å². The van der Waals surface area contributed by atoms with Crippen LogP contribution in [0.25, 0.3) is 0 Å². The second-order valence-electron chi connectivity index (χ2n) is 8.93. The number of unbranched alkanes of at least 4 members (excludes halogenated alkanes) is 3. The van der Waals surface area contributed by atoms with E-state index in [1.165, 1.54) is 19.3 Å². The van der Waals surface area contributed by atoms with Gasteiger partial charge in [0.1, 0.15) is 12.2 Å². The Morgan fingerprint density at radius 1 is 0.935 bits per heavy atom. The average molecular weight is 435 g/mol. The van der Waals surface area contributed by atoms with Gasteiger partial charge in [-0.1, -0.05) is 50.1 Å². The van der Waals surface area contributed by atoms with Crippen molar-refractivity contribution < 1.29 is 19.1 Å². The van der Waals surface area contributed by atoms with E-state index in [2.05, 4.69) is 17.1 Å². The van der Waals surface area contributed by atoms with Crippen LogP contribution < -0.4 is 5.32 Å². The first-order chi connectivity index (χ1) is 14.8. The van der Waals surface area contributed by atoms with E-state index in [1.807, 2.05) is 51.1 Å². The number of benzene rings is 1. The number of carbonyl (C=O) groups is 2. The van der Waals surface area contributed by atoms with Gasteiger partial charge in [-0.2, -0.15) is 0 Å². The van der Waals surface area contributed by atoms with E-state index < -0.39 is 5.60 Å². The summed E-state index contributed by atoms with van der Waals surface area (Å²) in [4.78, 5) is 26.1. The van der Waals surface area contributed by atoms with Crippen molar-refractivity contribution in [1.29, 1.82) is 0 Å². The Morgan fingerprint density at radius 2 is 1.58 bits per heavy atom. The van der Waals surface area contributed by atoms with Crippen molar-refractivity contribution in [3.05, 3.63) is 35.9 Å². The molecule has 0 atom stereocenters. The lowest BCUT2D eigenvalue weighted by Crippen LogP contribution is -2.33. The Bertz CT molecular complexity index is 614. The van der Waals surface area contributed by atoms with Crippen LogP contribution >= 0.6 is 0 Å². The first-order valence-electron chi connectivity index (χ1n) is 11.7. The van der Waals surface area contributed by atoms with Gasteiger partial charge >= 0.3 is 12.1 Å². The van der Waals surface area contributed by atoms with Gasteiger partial charge in [-0.15, -0.1) is 0 Å². The molecule has 0 bridgehead atoms. The molecular weight excluding hydrogens is 392 g/mol. The lowest BCUT2D eigenvalue weighted by atomic mass is 10.2. The van der Waals surface area contributed by atoms with Gasteiger partial charge in [0.15, 0.2) is 0 Å². The number of ether oxygens (including phenoxy) is 2. The van der Waals surface area contributed by atoms with Gasteiger partial charge < -0.3 is 19.7 Å². The SMILES string of the molecule is CCCCCN(CCCCNC(=O)OC(C)(C)C)CCCC(=O)OCc1ccccc1. The highest BCUT2D eigenvalue weighted by molar-refractivity contribution is 5.69. The summed E-state index contributed by atoms with van der Waals surface area (Å²) in [6.45, 7) is 11.6. The molecule has 0 spiro atoms. The normalized spacial score (nSPS) is 11.4. The number of nitrogens with zero attached hydrogens (tertiary/aromatic N) is 1. The summed E-state index contributed by atoms with van der Waals surface area (Å²) in [6, 6.07) is 9.76. The molecule has 1 aromatic rings. The summed E-state index contributed by atoms with van der Waals surface area (Å²) in [5.74, 6) is -0.140. The minimum absolute atomic E-state index is 0.140. The average Bonchev–Trinajstić information content (AvgIpc) is 2.71. The Labute approximate surface area is 188 Å². The van der Waals surface area contributed by atoms with Gasteiger partial charge in [0.25, 0.3) is 0 Å². The second kappa shape index (κ2) is 15.7. The van der Waals surface area contributed by atoms with Gasteiger partial charge in [0.05, 0.1) is 0 Å². The number of nitrogens with one attached hydrogen (secondary N) is 1. The van der Waals surface area contributed by atoms with E-state index in [-0.39, 0.29) is 12.1 Å². The van der Waals surface area contributed by atoms with Crippen molar-refractivity contribution >= 4 is 12.1 Å². The van der Waals surface area contributed by atoms with Crippen LogP contribution in [0.1, 0.15) is 78.2 Å². The predicted molar refractivity (Wildman–Crippen MR) is 125 cm³/mol. The van der Waals surface area contributed by atoms with Crippen LogP contribution in [0.5, 0.6) is 0 Å². The molecule has 0 aliphatic carbocycles. The fourth-order valence-electron chi connectivity index (χ4n) is 3.14. The molecule has 0 unspecified atom stereocenters. The van der Waals surface area contributed by atoms with Crippen molar-refractivity contribution in [2.75, 3.05) is 26.2 Å². The zero-order valence-corrected chi connectivity index (χ0v) is 20.0. The van der Waals surface area contributed by atoms with Crippen molar-refractivity contribution in [1.82, 2.24) is 10.2 Å². The van der Waals surface area contributed by atoms with Crippen LogP contribution in [0.2, 0.25) is 0 Å². The maximum atomic E-state index is 12.0. The van der Waals surface area contributed by atoms with E-state index in [0.29, 0.717) is 19.6 Å². The summed E-state index contributed by atoms with van der Waals surface area (Å²) in [5.41, 5.74) is 0.541. The number of esters is 1. The summed E-state index contributed by atoms with van der Waals surface area (Å²) in [7, 11) is 0. The smallest absolute Gasteiger partial charge is 0.407 e. The number of amides is 1. The zero-order chi connectivity index (χ0) is 23.0. The molecule has 0 aromatic heterocycles. The number of alkyl carbamates (subject to hydrolysis) is 1. The molecule has 0 aliphatic heterocycles. The minimum atomic E-state index is -0.470. The molecule has 31 heavy (non-hydrogen) atoms. The van der Waals surface area contributed by atoms with Crippen LogP contribution in [0.15, 0.2) is 30.3 Å². The number of hydrogen-bond donors (Lipinski definition) is 1. The van der Waals surface area contributed by atoms with E-state index >= 15 is 0 Å². The first kappa shape index (κ1) is 27.0. The molecule has 1 amide bonds. The minimum Gasteiger partial charge on any atom is -0.461 e. The Balaban J connectivity index is 2.23. The molecule has 0 fully saturated rings. The third kappa shape index (κ3) is 15.4. The fraction of sp³-hybridized carbons (Fsp3) is 0.680. The van der Waals surface area contributed by atoms with Crippen LogP contribution in [-0.2, 0) is 20.9 Å². The van der Waals surface area contributed by atoms with Crippen LogP contribution in [0.3, 0.4) is 0 Å². The lowest BCUT2D eigenvalue weighted by molar-refractivity contribution is -0.145. The molecule has 1 N–H and O–H groups in total. The summed E-state index contributed by atoms with van der Waals surface area (Å²) >= 11 is 0. The Kier molecular flexibility index (Phi) is 13.6. The highest BCUT2D eigenvalue weighted by Gasteiger charge is 2.15. The molecule has 0 aliphatic rings. The molecule has 0 saturated carbocycles. The molecular formula is C25H42N2O4. The number of hydrogen-bond acceptors (Lipinski definition) is 5. The number of rotatable bonds is 15. The molecule has 0 radical (unpaired) electrons. The highest BCUT2D eigenvalue weighted by atomic mass is 16.6. The largest absolute Gasteiger partial charge is 0.461 e. The zero-order valence-electron chi connectivity index (χ0n) is 20.0. The Morgan fingerprint density at radius 3 is 2.23 bits per heavy atom. The highest BCUT2D eigenvalue weighted by Crippen LogP contribution is 2.08. The summed E-state index contributed by atoms with van der Waals surface area (Å²) in [6.07, 6.45) is 6.37.